The monoisotopic (exact) mass is 550 g/mol. The Morgan fingerprint density at radius 3 is 1.56 bits per heavy atom. The maximum Gasteiger partial charge on any atom is 0.255 e. The molecule has 0 aliphatic heterocycles. The van der Waals surface area contributed by atoms with Crippen LogP contribution in [0.1, 0.15) is 33.4 Å². The van der Waals surface area contributed by atoms with Gasteiger partial charge in [0, 0.05) is 11.1 Å². The smallest absolute Gasteiger partial charge is 0.222 e. The van der Waals surface area contributed by atoms with Crippen LogP contribution in [0.2, 0.25) is 0 Å². The fraction of sp³-hybridized carbons (Fsp3) is 0.162. The summed E-state index contributed by atoms with van der Waals surface area (Å²) in [5, 5.41) is 6.29. The van der Waals surface area contributed by atoms with Crippen LogP contribution in [0.5, 0.6) is 0 Å². The molecule has 0 aliphatic carbocycles. The molecule has 0 fully saturated rings. The highest BCUT2D eigenvalue weighted by molar-refractivity contribution is 7.29. The van der Waals surface area contributed by atoms with E-state index in [9.17, 15) is 0 Å². The average molecular weight is 551 g/mol. The van der Waals surface area contributed by atoms with Gasteiger partial charge < -0.3 is 0 Å². The zero-order chi connectivity index (χ0) is 28.7. The molecule has 0 bridgehead atoms. The van der Waals surface area contributed by atoms with Gasteiger partial charge in [0.1, 0.15) is 5.00 Å². The van der Waals surface area contributed by atoms with E-state index >= 15 is 0 Å². The van der Waals surface area contributed by atoms with Crippen LogP contribution in [0.15, 0.2) is 103 Å². The summed E-state index contributed by atoms with van der Waals surface area (Å²) in [6.45, 7) is 13.6. The normalized spacial score (nSPS) is 11.2. The molecule has 0 spiro atoms. The fourth-order valence-electron chi connectivity index (χ4n) is 6.45. The second kappa shape index (κ2) is 11.0. The van der Waals surface area contributed by atoms with Crippen LogP contribution in [-0.4, -0.2) is 16.5 Å². The van der Waals surface area contributed by atoms with Crippen LogP contribution in [0, 0.1) is 41.5 Å². The summed E-state index contributed by atoms with van der Waals surface area (Å²) in [5.74, 6) is 0. The van der Waals surface area contributed by atoms with Gasteiger partial charge in [0.05, 0.1) is 11.4 Å². The van der Waals surface area contributed by atoms with E-state index in [1.165, 1.54) is 49.1 Å². The van der Waals surface area contributed by atoms with Crippen molar-refractivity contribution in [3.63, 3.8) is 0 Å². The van der Waals surface area contributed by atoms with Gasteiger partial charge in [0.25, 0.3) is 6.71 Å². The number of benzene rings is 4. The minimum Gasteiger partial charge on any atom is -0.222 e. The Morgan fingerprint density at radius 1 is 0.561 bits per heavy atom. The van der Waals surface area contributed by atoms with Crippen LogP contribution >= 0.6 is 11.3 Å². The lowest BCUT2D eigenvalue weighted by Gasteiger charge is -2.23. The predicted molar refractivity (Wildman–Crippen MR) is 178 cm³/mol. The van der Waals surface area contributed by atoms with Crippen molar-refractivity contribution in [3.8, 4) is 27.5 Å². The first-order valence-electron chi connectivity index (χ1n) is 14.3. The topological polar surface area (TPSA) is 17.8 Å². The van der Waals surface area contributed by atoms with Crippen LogP contribution in [-0.2, 0) is 0 Å². The lowest BCUT2D eigenvalue weighted by atomic mass is 9.37. The SMILES string of the molecule is Cc1cc(C)c(B(c2ccc(-n3nc(-c4ccccc4)cc3-c3ccccc3)s2)c2c(C)cc(C)cc2C)c(C)c1. The number of aromatic nitrogens is 2. The molecule has 2 nitrogen and oxygen atoms in total. The third kappa shape index (κ3) is 5.21. The van der Waals surface area contributed by atoms with Crippen molar-refractivity contribution in [2.45, 2.75) is 41.5 Å². The van der Waals surface area contributed by atoms with Gasteiger partial charge in [-0.05, 0) is 58.5 Å². The molecule has 0 N–H and O–H groups in total. The van der Waals surface area contributed by atoms with E-state index < -0.39 is 0 Å². The van der Waals surface area contributed by atoms with Gasteiger partial charge in [0.15, 0.2) is 0 Å². The average Bonchev–Trinajstić information content (AvgIpc) is 3.60. The van der Waals surface area contributed by atoms with E-state index in [-0.39, 0.29) is 6.71 Å². The molecule has 0 amide bonds. The lowest BCUT2D eigenvalue weighted by molar-refractivity contribution is 0.909. The highest BCUT2D eigenvalue weighted by Gasteiger charge is 2.30. The van der Waals surface area contributed by atoms with Gasteiger partial charge in [-0.2, -0.15) is 5.10 Å². The Kier molecular flexibility index (Phi) is 7.27. The lowest BCUT2D eigenvalue weighted by Crippen LogP contribution is -2.54. The Morgan fingerprint density at radius 2 is 1.05 bits per heavy atom. The molecule has 0 saturated carbocycles. The quantitative estimate of drug-likeness (QED) is 0.195. The Balaban J connectivity index is 1.55. The minimum atomic E-state index is 0.152. The van der Waals surface area contributed by atoms with E-state index in [1.807, 2.05) is 17.4 Å². The third-order valence-electron chi connectivity index (χ3n) is 8.01. The molecule has 6 rings (SSSR count). The molecule has 0 radical (unpaired) electrons. The molecule has 2 heterocycles. The van der Waals surface area contributed by atoms with Crippen LogP contribution in [0.25, 0.3) is 27.5 Å². The van der Waals surface area contributed by atoms with Gasteiger partial charge in [0.2, 0.25) is 0 Å². The van der Waals surface area contributed by atoms with Crippen molar-refractivity contribution < 1.29 is 0 Å². The molecule has 0 saturated heterocycles. The molecule has 202 valence electrons. The zero-order valence-corrected chi connectivity index (χ0v) is 25.5. The summed E-state index contributed by atoms with van der Waals surface area (Å²) < 4.78 is 3.47. The van der Waals surface area contributed by atoms with E-state index in [0.29, 0.717) is 0 Å². The first-order valence-corrected chi connectivity index (χ1v) is 15.1. The van der Waals surface area contributed by atoms with E-state index in [2.05, 4.69) is 143 Å². The highest BCUT2D eigenvalue weighted by atomic mass is 32.1. The summed E-state index contributed by atoms with van der Waals surface area (Å²) in [5.41, 5.74) is 15.2. The predicted octanol–water partition coefficient (Wildman–Crippen LogP) is 7.63. The first-order chi connectivity index (χ1) is 19.8. The molecule has 41 heavy (non-hydrogen) atoms. The summed E-state index contributed by atoms with van der Waals surface area (Å²) >= 11 is 1.84. The Hall–Kier alpha value is -4.15. The molecule has 4 aromatic carbocycles. The van der Waals surface area contributed by atoms with Crippen molar-refractivity contribution in [2.75, 3.05) is 0 Å². The number of rotatable bonds is 6. The molecule has 2 aromatic heterocycles. The maximum atomic E-state index is 5.17. The van der Waals surface area contributed by atoms with Gasteiger partial charge >= 0.3 is 0 Å². The molecule has 4 heteroatoms. The van der Waals surface area contributed by atoms with Gasteiger partial charge in [-0.3, -0.25) is 0 Å². The first kappa shape index (κ1) is 27.0. The summed E-state index contributed by atoms with van der Waals surface area (Å²) in [7, 11) is 0. The van der Waals surface area contributed by atoms with Crippen LogP contribution in [0.4, 0.5) is 0 Å². The number of aryl methyl sites for hydroxylation is 6. The van der Waals surface area contributed by atoms with Crippen molar-refractivity contribution in [2.24, 2.45) is 0 Å². The highest BCUT2D eigenvalue weighted by Crippen LogP contribution is 2.30. The number of hydrogen-bond donors (Lipinski definition) is 0. The molecule has 0 atom stereocenters. The van der Waals surface area contributed by atoms with E-state index in [1.54, 1.807) is 0 Å². The van der Waals surface area contributed by atoms with Crippen molar-refractivity contribution in [1.29, 1.82) is 0 Å². The minimum absolute atomic E-state index is 0.152. The summed E-state index contributed by atoms with van der Waals surface area (Å²) in [6, 6.07) is 37.1. The Labute approximate surface area is 248 Å². The molecule has 0 unspecified atom stereocenters. The second-order valence-electron chi connectivity index (χ2n) is 11.3. The van der Waals surface area contributed by atoms with Crippen LogP contribution in [0.3, 0.4) is 0 Å². The van der Waals surface area contributed by atoms with Gasteiger partial charge in [-0.25, -0.2) is 4.68 Å². The third-order valence-corrected chi connectivity index (χ3v) is 9.13. The maximum absolute atomic E-state index is 5.17. The van der Waals surface area contributed by atoms with Gasteiger partial charge in [-0.1, -0.05) is 135 Å². The molecule has 0 aliphatic rings. The number of nitrogens with zero attached hydrogens (tertiary/aromatic N) is 2. The summed E-state index contributed by atoms with van der Waals surface area (Å²) in [6.07, 6.45) is 0. The fourth-order valence-corrected chi connectivity index (χ4v) is 7.54. The molecular formula is C37H35BN2S. The molecule has 6 aromatic rings. The van der Waals surface area contributed by atoms with E-state index in [4.69, 9.17) is 5.10 Å². The standard InChI is InChI=1S/C37H35BN2S/c1-24-19-26(3)36(27(4)20-24)38(37-28(5)21-25(2)22-29(37)6)34-17-18-35(41-34)40-33(31-15-11-8-12-16-31)23-32(39-40)30-13-9-7-10-14-30/h7-23H,1-6H3. The van der Waals surface area contributed by atoms with Crippen LogP contribution < -0.4 is 15.7 Å². The Bertz CT molecular complexity index is 1740. The second-order valence-corrected chi connectivity index (χ2v) is 12.4. The number of hydrogen-bond acceptors (Lipinski definition) is 2. The molecular weight excluding hydrogens is 515 g/mol. The van der Waals surface area contributed by atoms with E-state index in [0.717, 1.165) is 27.5 Å². The van der Waals surface area contributed by atoms with Crippen molar-refractivity contribution in [3.05, 3.63) is 137 Å². The summed E-state index contributed by atoms with van der Waals surface area (Å²) in [4.78, 5) is 0. The zero-order valence-electron chi connectivity index (χ0n) is 24.7. The van der Waals surface area contributed by atoms with Crippen molar-refractivity contribution >= 4 is 33.8 Å². The van der Waals surface area contributed by atoms with Gasteiger partial charge in [-0.15, -0.1) is 11.3 Å². The van der Waals surface area contributed by atoms with Crippen molar-refractivity contribution in [1.82, 2.24) is 9.78 Å². The number of thiophene rings is 1. The largest absolute Gasteiger partial charge is 0.255 e.